The molecule has 200 valence electrons. The number of fused-ring (bicyclic) bond motifs is 2. The third-order valence-electron chi connectivity index (χ3n) is 8.46. The number of rotatable bonds is 8. The number of anilines is 5. The first kappa shape index (κ1) is 23.9. The standard InChI is InChI=1S/C29H31N7O3/c37-26(6-1-3-18-11-19-7-8-20(19)12-18)32-22-4-2-5-25(13-22)36-27-21(16-35(29(36)38)24-9-10-24)14-30-28(34-27)33-23-15-31-39-17-23/h1-2,4-6,13-15,17-20,24H,3,7-12,16H2,(H,32,37)(H,30,33,34)/b6-1+. The molecular formula is C29H31N7O3. The van der Waals surface area contributed by atoms with Gasteiger partial charge in [-0.3, -0.25) is 4.79 Å². The number of hydrogen-bond acceptors (Lipinski definition) is 7. The number of carbonyl (C=O) groups excluding carboxylic acids is 2. The fourth-order valence-electron chi connectivity index (χ4n) is 6.21. The third-order valence-corrected chi connectivity index (χ3v) is 8.46. The predicted octanol–water partition coefficient (Wildman–Crippen LogP) is 5.77. The fraction of sp³-hybridized carbons (Fsp3) is 0.414. The molecule has 10 nitrogen and oxygen atoms in total. The molecule has 2 unspecified atom stereocenters. The van der Waals surface area contributed by atoms with Crippen LogP contribution in [-0.2, 0) is 11.3 Å². The van der Waals surface area contributed by atoms with Crippen molar-refractivity contribution < 1.29 is 14.1 Å². The van der Waals surface area contributed by atoms with Gasteiger partial charge in [-0.2, -0.15) is 4.98 Å². The summed E-state index contributed by atoms with van der Waals surface area (Å²) in [7, 11) is 0. The Morgan fingerprint density at radius 2 is 1.95 bits per heavy atom. The lowest BCUT2D eigenvalue weighted by atomic mass is 9.77. The van der Waals surface area contributed by atoms with Crippen LogP contribution in [0.5, 0.6) is 0 Å². The van der Waals surface area contributed by atoms with E-state index in [1.165, 1.54) is 38.1 Å². The molecule has 2 atom stereocenters. The Balaban J connectivity index is 1.10. The van der Waals surface area contributed by atoms with Gasteiger partial charge in [-0.25, -0.2) is 14.7 Å². The Hall–Kier alpha value is -4.21. The second-order valence-electron chi connectivity index (χ2n) is 11.2. The van der Waals surface area contributed by atoms with Crippen LogP contribution in [0.1, 0.15) is 50.5 Å². The van der Waals surface area contributed by atoms with E-state index in [1.807, 2.05) is 35.2 Å². The Labute approximate surface area is 226 Å². The number of nitrogens with zero attached hydrogens (tertiary/aromatic N) is 5. The molecule has 3 fully saturated rings. The zero-order valence-corrected chi connectivity index (χ0v) is 21.6. The molecule has 2 aromatic heterocycles. The minimum atomic E-state index is -0.166. The number of amides is 3. The van der Waals surface area contributed by atoms with Gasteiger partial charge in [-0.1, -0.05) is 17.3 Å². The lowest BCUT2D eigenvalue weighted by Crippen LogP contribution is -2.46. The summed E-state index contributed by atoms with van der Waals surface area (Å²) in [5, 5.41) is 9.71. The van der Waals surface area contributed by atoms with Crippen LogP contribution in [0.2, 0.25) is 0 Å². The summed E-state index contributed by atoms with van der Waals surface area (Å²) in [6.07, 6.45) is 16.7. The Morgan fingerprint density at radius 3 is 2.69 bits per heavy atom. The quantitative estimate of drug-likeness (QED) is 0.359. The molecule has 3 heterocycles. The van der Waals surface area contributed by atoms with Crippen LogP contribution in [0.25, 0.3) is 0 Å². The van der Waals surface area contributed by atoms with Crippen molar-refractivity contribution >= 4 is 40.8 Å². The van der Waals surface area contributed by atoms with Crippen molar-refractivity contribution in [3.8, 4) is 0 Å². The van der Waals surface area contributed by atoms with Gasteiger partial charge < -0.3 is 20.1 Å². The molecule has 3 saturated carbocycles. The first-order chi connectivity index (χ1) is 19.1. The van der Waals surface area contributed by atoms with Gasteiger partial charge >= 0.3 is 6.03 Å². The summed E-state index contributed by atoms with van der Waals surface area (Å²) < 4.78 is 4.88. The van der Waals surface area contributed by atoms with E-state index in [-0.39, 0.29) is 18.0 Å². The lowest BCUT2D eigenvalue weighted by molar-refractivity contribution is -0.111. The predicted molar refractivity (Wildman–Crippen MR) is 146 cm³/mol. The molecule has 0 saturated heterocycles. The van der Waals surface area contributed by atoms with E-state index in [2.05, 4.69) is 25.8 Å². The highest BCUT2D eigenvalue weighted by Crippen LogP contribution is 2.50. The van der Waals surface area contributed by atoms with Gasteiger partial charge in [0.1, 0.15) is 12.0 Å². The van der Waals surface area contributed by atoms with E-state index in [9.17, 15) is 9.59 Å². The van der Waals surface area contributed by atoms with Crippen LogP contribution in [-0.4, -0.2) is 38.0 Å². The van der Waals surface area contributed by atoms with Crippen molar-refractivity contribution in [2.45, 2.75) is 57.5 Å². The minimum absolute atomic E-state index is 0.131. The number of aromatic nitrogens is 3. The van der Waals surface area contributed by atoms with Crippen LogP contribution in [0.3, 0.4) is 0 Å². The first-order valence-electron chi connectivity index (χ1n) is 13.8. The second-order valence-corrected chi connectivity index (χ2v) is 11.2. The SMILES string of the molecule is O=C(/C=C/CC1CC2CCC2C1)Nc1cccc(N2C(=O)N(C3CC3)Cc3cnc(Nc4cnoc4)nc32)c1. The van der Waals surface area contributed by atoms with Gasteiger partial charge in [0.2, 0.25) is 11.9 Å². The van der Waals surface area contributed by atoms with E-state index >= 15 is 0 Å². The van der Waals surface area contributed by atoms with Crippen molar-refractivity contribution in [1.82, 2.24) is 20.0 Å². The highest BCUT2D eigenvalue weighted by atomic mass is 16.5. The second kappa shape index (κ2) is 9.83. The summed E-state index contributed by atoms with van der Waals surface area (Å²) in [5.74, 6) is 3.25. The zero-order valence-electron chi connectivity index (χ0n) is 21.6. The van der Waals surface area contributed by atoms with E-state index < -0.39 is 0 Å². The normalized spacial score (nSPS) is 23.9. The Morgan fingerprint density at radius 1 is 1.10 bits per heavy atom. The molecule has 10 heteroatoms. The number of hydrogen-bond donors (Lipinski definition) is 2. The average molecular weight is 526 g/mol. The summed E-state index contributed by atoms with van der Waals surface area (Å²) in [4.78, 5) is 39.0. The van der Waals surface area contributed by atoms with E-state index in [4.69, 9.17) is 4.52 Å². The fourth-order valence-corrected chi connectivity index (χ4v) is 6.21. The maximum Gasteiger partial charge on any atom is 0.330 e. The molecule has 1 aliphatic heterocycles. The number of urea groups is 1. The molecule has 2 N–H and O–H groups in total. The van der Waals surface area contributed by atoms with Crippen molar-refractivity contribution in [3.05, 3.63) is 60.6 Å². The van der Waals surface area contributed by atoms with Crippen molar-refractivity contribution in [1.29, 1.82) is 0 Å². The topological polar surface area (TPSA) is 116 Å². The van der Waals surface area contributed by atoms with Gasteiger partial charge in [-0.15, -0.1) is 0 Å². The highest BCUT2D eigenvalue weighted by molar-refractivity contribution is 6.03. The van der Waals surface area contributed by atoms with Gasteiger partial charge in [0.15, 0.2) is 5.82 Å². The molecule has 0 bridgehead atoms. The summed E-state index contributed by atoms with van der Waals surface area (Å²) >= 11 is 0. The molecule has 3 amide bonds. The summed E-state index contributed by atoms with van der Waals surface area (Å²) in [6.45, 7) is 0.465. The first-order valence-corrected chi connectivity index (χ1v) is 13.8. The Bertz CT molecular complexity index is 1410. The lowest BCUT2D eigenvalue weighted by Gasteiger charge is -2.36. The molecule has 0 radical (unpaired) electrons. The Kier molecular flexibility index (Phi) is 6.02. The number of allylic oxidation sites excluding steroid dienone is 1. The largest absolute Gasteiger partial charge is 0.363 e. The van der Waals surface area contributed by atoms with Crippen LogP contribution in [0.4, 0.5) is 33.6 Å². The van der Waals surface area contributed by atoms with Crippen LogP contribution >= 0.6 is 0 Å². The van der Waals surface area contributed by atoms with E-state index in [0.717, 1.165) is 36.7 Å². The van der Waals surface area contributed by atoms with Crippen molar-refractivity contribution in [2.24, 2.45) is 17.8 Å². The number of benzene rings is 1. The molecule has 3 aliphatic carbocycles. The van der Waals surface area contributed by atoms with E-state index in [1.54, 1.807) is 17.2 Å². The number of carbonyl (C=O) groups is 2. The molecular weight excluding hydrogens is 494 g/mol. The van der Waals surface area contributed by atoms with Gasteiger partial charge in [0, 0.05) is 23.5 Å². The maximum absolute atomic E-state index is 13.7. The smallest absolute Gasteiger partial charge is 0.330 e. The zero-order chi connectivity index (χ0) is 26.3. The van der Waals surface area contributed by atoms with Crippen LogP contribution in [0.15, 0.2) is 59.6 Å². The molecule has 7 rings (SSSR count). The molecule has 1 aromatic carbocycles. The van der Waals surface area contributed by atoms with Crippen LogP contribution in [0, 0.1) is 17.8 Å². The van der Waals surface area contributed by atoms with Crippen molar-refractivity contribution in [2.75, 3.05) is 15.5 Å². The van der Waals surface area contributed by atoms with Gasteiger partial charge in [0.25, 0.3) is 0 Å². The summed E-state index contributed by atoms with van der Waals surface area (Å²) in [5.41, 5.74) is 2.72. The molecule has 4 aliphatic rings. The number of nitrogens with one attached hydrogen (secondary N) is 2. The summed E-state index contributed by atoms with van der Waals surface area (Å²) in [6, 6.07) is 7.43. The van der Waals surface area contributed by atoms with Gasteiger partial charge in [0.05, 0.1) is 18.4 Å². The maximum atomic E-state index is 13.7. The molecule has 3 aromatic rings. The third kappa shape index (κ3) is 4.86. The monoisotopic (exact) mass is 525 g/mol. The highest BCUT2D eigenvalue weighted by Gasteiger charge is 2.41. The van der Waals surface area contributed by atoms with Gasteiger partial charge in [-0.05, 0) is 87.0 Å². The van der Waals surface area contributed by atoms with Crippen molar-refractivity contribution in [3.63, 3.8) is 0 Å². The molecule has 0 spiro atoms. The molecule has 39 heavy (non-hydrogen) atoms. The van der Waals surface area contributed by atoms with E-state index in [0.29, 0.717) is 41.3 Å². The average Bonchev–Trinajstić information content (AvgIpc) is 3.56. The van der Waals surface area contributed by atoms with Crippen LogP contribution < -0.4 is 15.5 Å². The minimum Gasteiger partial charge on any atom is -0.363 e.